The molecular formula is C14H24N2O3. The lowest BCUT2D eigenvalue weighted by atomic mass is 9.94. The minimum absolute atomic E-state index is 0.000333. The van der Waals surface area contributed by atoms with Crippen LogP contribution in [0.15, 0.2) is 0 Å². The Morgan fingerprint density at radius 3 is 2.74 bits per heavy atom. The Balaban J connectivity index is 2.05. The molecule has 0 aliphatic carbocycles. The van der Waals surface area contributed by atoms with Crippen molar-refractivity contribution in [3.05, 3.63) is 0 Å². The number of rotatable bonds is 3. The van der Waals surface area contributed by atoms with Crippen LogP contribution < -0.4 is 5.32 Å². The van der Waals surface area contributed by atoms with Crippen LogP contribution in [-0.4, -0.2) is 49.1 Å². The molecule has 0 bridgehead atoms. The summed E-state index contributed by atoms with van der Waals surface area (Å²) in [6.07, 6.45) is 2.30. The van der Waals surface area contributed by atoms with Gasteiger partial charge in [-0.05, 0) is 25.2 Å². The molecule has 19 heavy (non-hydrogen) atoms. The maximum atomic E-state index is 12.6. The number of nitrogens with one attached hydrogen (secondary N) is 1. The second-order valence-electron chi connectivity index (χ2n) is 5.85. The maximum absolute atomic E-state index is 12.6. The number of carbonyl (C=O) groups is 2. The minimum atomic E-state index is -0.288. The van der Waals surface area contributed by atoms with E-state index in [-0.39, 0.29) is 23.8 Å². The molecule has 108 valence electrons. The summed E-state index contributed by atoms with van der Waals surface area (Å²) in [5.41, 5.74) is 0. The second-order valence-corrected chi connectivity index (χ2v) is 5.85. The first-order valence-corrected chi connectivity index (χ1v) is 7.25. The molecule has 2 rings (SSSR count). The molecule has 2 fully saturated rings. The van der Waals surface area contributed by atoms with Gasteiger partial charge in [0.05, 0.1) is 0 Å². The Labute approximate surface area is 114 Å². The highest BCUT2D eigenvalue weighted by Gasteiger charge is 2.36. The topological polar surface area (TPSA) is 58.6 Å². The van der Waals surface area contributed by atoms with Crippen molar-refractivity contribution in [3.63, 3.8) is 0 Å². The highest BCUT2D eigenvalue weighted by atomic mass is 16.5. The molecule has 2 saturated heterocycles. The Morgan fingerprint density at radius 1 is 1.42 bits per heavy atom. The Hall–Kier alpha value is -1.10. The molecule has 0 aromatic heterocycles. The van der Waals surface area contributed by atoms with Gasteiger partial charge >= 0.3 is 0 Å². The molecule has 0 saturated carbocycles. The SMILES string of the molecule is CC(C)C[C@H]1C(=O)NCCN1C(=O)C1CCOCC1. The molecule has 5 heteroatoms. The number of amides is 2. The van der Waals surface area contributed by atoms with Gasteiger partial charge in [0.2, 0.25) is 11.8 Å². The molecule has 0 unspecified atom stereocenters. The molecule has 1 N–H and O–H groups in total. The quantitative estimate of drug-likeness (QED) is 0.823. The lowest BCUT2D eigenvalue weighted by Crippen LogP contribution is -2.59. The smallest absolute Gasteiger partial charge is 0.242 e. The zero-order chi connectivity index (χ0) is 13.8. The average molecular weight is 268 g/mol. The van der Waals surface area contributed by atoms with Gasteiger partial charge in [-0.1, -0.05) is 13.8 Å². The van der Waals surface area contributed by atoms with Crippen molar-refractivity contribution in [1.29, 1.82) is 0 Å². The predicted molar refractivity (Wildman–Crippen MR) is 71.5 cm³/mol. The third kappa shape index (κ3) is 3.47. The summed E-state index contributed by atoms with van der Waals surface area (Å²) >= 11 is 0. The molecule has 0 aromatic carbocycles. The molecule has 5 nitrogen and oxygen atoms in total. The highest BCUT2D eigenvalue weighted by molar-refractivity contribution is 5.89. The van der Waals surface area contributed by atoms with Gasteiger partial charge in [0.1, 0.15) is 6.04 Å². The van der Waals surface area contributed by atoms with Crippen LogP contribution >= 0.6 is 0 Å². The van der Waals surface area contributed by atoms with E-state index in [1.165, 1.54) is 0 Å². The van der Waals surface area contributed by atoms with Gasteiger partial charge in [-0.25, -0.2) is 0 Å². The van der Waals surface area contributed by atoms with Crippen molar-refractivity contribution in [3.8, 4) is 0 Å². The third-order valence-corrected chi connectivity index (χ3v) is 3.88. The van der Waals surface area contributed by atoms with E-state index in [2.05, 4.69) is 19.2 Å². The first-order valence-electron chi connectivity index (χ1n) is 7.25. The molecule has 0 aromatic rings. The lowest BCUT2D eigenvalue weighted by molar-refractivity contribution is -0.149. The van der Waals surface area contributed by atoms with Crippen LogP contribution in [0.5, 0.6) is 0 Å². The summed E-state index contributed by atoms with van der Waals surface area (Å²) in [5.74, 6) is 0.581. The first kappa shape index (κ1) is 14.3. The standard InChI is InChI=1S/C14H24N2O3/c1-10(2)9-12-13(17)15-5-6-16(12)14(18)11-3-7-19-8-4-11/h10-12H,3-9H2,1-2H3,(H,15,17)/t12-/m0/s1. The van der Waals surface area contributed by atoms with Crippen molar-refractivity contribution in [2.75, 3.05) is 26.3 Å². The number of carbonyl (C=O) groups excluding carboxylic acids is 2. The molecule has 2 heterocycles. The Bertz CT molecular complexity index is 338. The summed E-state index contributed by atoms with van der Waals surface area (Å²) in [6, 6.07) is -0.288. The molecule has 2 aliphatic rings. The van der Waals surface area contributed by atoms with Crippen molar-refractivity contribution >= 4 is 11.8 Å². The Morgan fingerprint density at radius 2 is 2.11 bits per heavy atom. The van der Waals surface area contributed by atoms with Gasteiger partial charge in [-0.3, -0.25) is 9.59 Å². The van der Waals surface area contributed by atoms with Gasteiger partial charge < -0.3 is 15.0 Å². The van der Waals surface area contributed by atoms with Crippen molar-refractivity contribution < 1.29 is 14.3 Å². The van der Waals surface area contributed by atoms with Crippen LogP contribution in [0.4, 0.5) is 0 Å². The second kappa shape index (κ2) is 6.37. The van der Waals surface area contributed by atoms with Crippen molar-refractivity contribution in [2.24, 2.45) is 11.8 Å². The van der Waals surface area contributed by atoms with E-state index in [9.17, 15) is 9.59 Å². The van der Waals surface area contributed by atoms with Gasteiger partial charge in [-0.15, -0.1) is 0 Å². The molecule has 0 spiro atoms. The van der Waals surface area contributed by atoms with Crippen LogP contribution in [0.3, 0.4) is 0 Å². The zero-order valence-electron chi connectivity index (χ0n) is 11.9. The van der Waals surface area contributed by atoms with Crippen LogP contribution in [0.25, 0.3) is 0 Å². The average Bonchev–Trinajstić information content (AvgIpc) is 2.41. The minimum Gasteiger partial charge on any atom is -0.381 e. The summed E-state index contributed by atoms with van der Waals surface area (Å²) in [6.45, 7) is 6.69. The van der Waals surface area contributed by atoms with Crippen LogP contribution in [0.1, 0.15) is 33.1 Å². The Kier molecular flexibility index (Phi) is 4.80. The first-order chi connectivity index (χ1) is 9.09. The highest BCUT2D eigenvalue weighted by Crippen LogP contribution is 2.22. The van der Waals surface area contributed by atoms with Gasteiger partial charge in [0.15, 0.2) is 0 Å². The number of piperazine rings is 1. The van der Waals surface area contributed by atoms with E-state index in [1.807, 2.05) is 0 Å². The van der Waals surface area contributed by atoms with E-state index in [0.717, 1.165) is 19.3 Å². The largest absolute Gasteiger partial charge is 0.381 e. The van der Waals surface area contributed by atoms with Gasteiger partial charge in [-0.2, -0.15) is 0 Å². The molecule has 2 aliphatic heterocycles. The normalized spacial score (nSPS) is 25.5. The van der Waals surface area contributed by atoms with Crippen LogP contribution in [-0.2, 0) is 14.3 Å². The predicted octanol–water partition coefficient (Wildman–Crippen LogP) is 0.786. The van der Waals surface area contributed by atoms with E-state index in [1.54, 1.807) is 4.90 Å². The third-order valence-electron chi connectivity index (χ3n) is 3.88. The fourth-order valence-corrected chi connectivity index (χ4v) is 2.84. The number of nitrogens with zero attached hydrogens (tertiary/aromatic N) is 1. The fourth-order valence-electron chi connectivity index (χ4n) is 2.84. The van der Waals surface area contributed by atoms with E-state index >= 15 is 0 Å². The lowest BCUT2D eigenvalue weighted by Gasteiger charge is -2.38. The van der Waals surface area contributed by atoms with Crippen LogP contribution in [0.2, 0.25) is 0 Å². The van der Waals surface area contributed by atoms with E-state index < -0.39 is 0 Å². The zero-order valence-corrected chi connectivity index (χ0v) is 11.9. The molecule has 2 amide bonds. The maximum Gasteiger partial charge on any atom is 0.242 e. The molecule has 0 radical (unpaired) electrons. The van der Waals surface area contributed by atoms with E-state index in [0.29, 0.717) is 32.2 Å². The summed E-state index contributed by atoms with van der Waals surface area (Å²) in [4.78, 5) is 26.4. The summed E-state index contributed by atoms with van der Waals surface area (Å²) in [5, 5.41) is 2.87. The summed E-state index contributed by atoms with van der Waals surface area (Å²) < 4.78 is 5.30. The number of hydrogen-bond donors (Lipinski definition) is 1. The monoisotopic (exact) mass is 268 g/mol. The van der Waals surface area contributed by atoms with Crippen molar-refractivity contribution in [1.82, 2.24) is 10.2 Å². The number of ether oxygens (including phenoxy) is 1. The van der Waals surface area contributed by atoms with Crippen LogP contribution in [0, 0.1) is 11.8 Å². The number of hydrogen-bond acceptors (Lipinski definition) is 3. The van der Waals surface area contributed by atoms with Gasteiger partial charge in [0, 0.05) is 32.2 Å². The van der Waals surface area contributed by atoms with Gasteiger partial charge in [0.25, 0.3) is 0 Å². The molecular weight excluding hydrogens is 244 g/mol. The fraction of sp³-hybridized carbons (Fsp3) is 0.857. The van der Waals surface area contributed by atoms with Crippen molar-refractivity contribution in [2.45, 2.75) is 39.2 Å². The summed E-state index contributed by atoms with van der Waals surface area (Å²) in [7, 11) is 0. The molecule has 1 atom stereocenters. The van der Waals surface area contributed by atoms with E-state index in [4.69, 9.17) is 4.74 Å².